The van der Waals surface area contributed by atoms with Gasteiger partial charge in [0.15, 0.2) is 0 Å². The summed E-state index contributed by atoms with van der Waals surface area (Å²) in [6, 6.07) is 54.7. The van der Waals surface area contributed by atoms with E-state index in [1.807, 2.05) is 36.4 Å². The molecular formula is C43H26N2O2. The van der Waals surface area contributed by atoms with Crippen molar-refractivity contribution < 1.29 is 8.83 Å². The van der Waals surface area contributed by atoms with E-state index in [1.54, 1.807) is 0 Å². The summed E-state index contributed by atoms with van der Waals surface area (Å²) >= 11 is 0. The molecule has 0 radical (unpaired) electrons. The van der Waals surface area contributed by atoms with E-state index in [-0.39, 0.29) is 0 Å². The molecule has 10 aromatic rings. The van der Waals surface area contributed by atoms with Gasteiger partial charge in [0, 0.05) is 32.8 Å². The molecular weight excluding hydrogens is 576 g/mol. The van der Waals surface area contributed by atoms with Crippen molar-refractivity contribution in [3.63, 3.8) is 0 Å². The zero-order valence-electron chi connectivity index (χ0n) is 25.2. The lowest BCUT2D eigenvalue weighted by atomic mass is 9.96. The molecule has 4 heteroatoms. The van der Waals surface area contributed by atoms with Gasteiger partial charge >= 0.3 is 0 Å². The summed E-state index contributed by atoms with van der Waals surface area (Å²) in [5.41, 5.74) is 11.8. The molecule has 0 amide bonds. The van der Waals surface area contributed by atoms with Gasteiger partial charge in [-0.15, -0.1) is 0 Å². The maximum absolute atomic E-state index is 6.52. The van der Waals surface area contributed by atoms with Gasteiger partial charge in [0.2, 0.25) is 0 Å². The second-order valence-corrected chi connectivity index (χ2v) is 12.0. The minimum Gasteiger partial charge on any atom is -0.455 e. The number of hydrogen-bond donors (Lipinski definition) is 0. The van der Waals surface area contributed by atoms with E-state index in [0.29, 0.717) is 0 Å². The molecule has 10 rings (SSSR count). The molecule has 0 aliphatic rings. The smallest absolute Gasteiger partial charge is 0.147 e. The van der Waals surface area contributed by atoms with Gasteiger partial charge in [-0.1, -0.05) is 115 Å². The van der Waals surface area contributed by atoms with E-state index < -0.39 is 0 Å². The molecule has 0 atom stereocenters. The largest absolute Gasteiger partial charge is 0.455 e. The first-order chi connectivity index (χ1) is 23.3. The third-order valence-electron chi connectivity index (χ3n) is 9.22. The number of rotatable bonds is 4. The van der Waals surface area contributed by atoms with Crippen molar-refractivity contribution in [3.8, 4) is 39.3 Å². The zero-order chi connectivity index (χ0) is 30.9. The van der Waals surface area contributed by atoms with E-state index in [4.69, 9.17) is 13.8 Å². The van der Waals surface area contributed by atoms with Gasteiger partial charge in [0.25, 0.3) is 0 Å². The Hall–Kier alpha value is -6.39. The van der Waals surface area contributed by atoms with Gasteiger partial charge in [-0.25, -0.2) is 4.98 Å². The minimum absolute atomic E-state index is 0.840. The summed E-state index contributed by atoms with van der Waals surface area (Å²) in [7, 11) is 0. The number of nitrogens with zero attached hydrogens (tertiary/aromatic N) is 2. The lowest BCUT2D eigenvalue weighted by Crippen LogP contribution is -1.97. The topological polar surface area (TPSA) is 44.1 Å². The molecule has 3 aromatic heterocycles. The zero-order valence-corrected chi connectivity index (χ0v) is 25.2. The highest BCUT2D eigenvalue weighted by molar-refractivity contribution is 6.22. The second kappa shape index (κ2) is 10.1. The molecule has 3 heterocycles. The average molecular weight is 603 g/mol. The van der Waals surface area contributed by atoms with Crippen molar-refractivity contribution in [3.05, 3.63) is 158 Å². The maximum atomic E-state index is 6.52. The monoisotopic (exact) mass is 602 g/mol. The molecule has 0 N–H and O–H groups in total. The first kappa shape index (κ1) is 25.9. The van der Waals surface area contributed by atoms with Gasteiger partial charge in [-0.2, -0.15) is 0 Å². The number of furan rings is 2. The fraction of sp³-hybridized carbons (Fsp3) is 0. The number of para-hydroxylation sites is 3. The summed E-state index contributed by atoms with van der Waals surface area (Å²) in [4.78, 5) is 5.16. The Morgan fingerprint density at radius 3 is 1.64 bits per heavy atom. The van der Waals surface area contributed by atoms with Crippen molar-refractivity contribution in [1.29, 1.82) is 0 Å². The van der Waals surface area contributed by atoms with E-state index in [1.165, 1.54) is 0 Å². The van der Waals surface area contributed by atoms with Crippen LogP contribution in [-0.2, 0) is 0 Å². The van der Waals surface area contributed by atoms with E-state index >= 15 is 0 Å². The highest BCUT2D eigenvalue weighted by Crippen LogP contribution is 2.44. The van der Waals surface area contributed by atoms with Gasteiger partial charge in [0.1, 0.15) is 28.2 Å². The summed E-state index contributed by atoms with van der Waals surface area (Å²) in [5.74, 6) is 0.924. The van der Waals surface area contributed by atoms with E-state index in [0.717, 1.165) is 94.2 Å². The third-order valence-corrected chi connectivity index (χ3v) is 9.22. The molecule has 0 spiro atoms. The molecule has 0 bridgehead atoms. The summed E-state index contributed by atoms with van der Waals surface area (Å²) in [6.45, 7) is 0. The fourth-order valence-corrected chi connectivity index (χ4v) is 7.01. The Morgan fingerprint density at radius 1 is 0.426 bits per heavy atom. The van der Waals surface area contributed by atoms with Gasteiger partial charge in [0.05, 0.1) is 16.6 Å². The third kappa shape index (κ3) is 3.98. The molecule has 0 fully saturated rings. The standard InChI is InChI=1S/C43H26N2O2/c1-3-11-29(12-4-1)43-44-36-25-30(23-24-37(36)45(43)31-13-5-2-6-14-31)27-19-21-28(22-20-27)40-41-34(32-15-7-9-17-38(32)46-41)26-35-33-16-8-10-18-39(33)47-42(35)40/h1-26H. The number of fused-ring (bicyclic) bond motifs is 7. The number of imidazole rings is 1. The predicted molar refractivity (Wildman–Crippen MR) is 192 cm³/mol. The van der Waals surface area contributed by atoms with Crippen LogP contribution in [0.25, 0.3) is 94.2 Å². The van der Waals surface area contributed by atoms with Crippen molar-refractivity contribution in [2.75, 3.05) is 0 Å². The molecule has 7 aromatic carbocycles. The van der Waals surface area contributed by atoms with E-state index in [2.05, 4.69) is 126 Å². The second-order valence-electron chi connectivity index (χ2n) is 12.0. The Kier molecular flexibility index (Phi) is 5.54. The van der Waals surface area contributed by atoms with Crippen LogP contribution in [0.1, 0.15) is 0 Å². The van der Waals surface area contributed by atoms with Crippen LogP contribution >= 0.6 is 0 Å². The predicted octanol–water partition coefficient (Wildman–Crippen LogP) is 11.8. The van der Waals surface area contributed by atoms with Crippen molar-refractivity contribution in [2.45, 2.75) is 0 Å². The highest BCUT2D eigenvalue weighted by atomic mass is 16.3. The van der Waals surface area contributed by atoms with Crippen LogP contribution in [0.3, 0.4) is 0 Å². The normalized spacial score (nSPS) is 11.8. The number of hydrogen-bond acceptors (Lipinski definition) is 3. The van der Waals surface area contributed by atoms with Crippen molar-refractivity contribution in [2.24, 2.45) is 0 Å². The molecule has 220 valence electrons. The van der Waals surface area contributed by atoms with E-state index in [9.17, 15) is 0 Å². The van der Waals surface area contributed by atoms with Gasteiger partial charge in [-0.05, 0) is 59.2 Å². The molecule has 4 nitrogen and oxygen atoms in total. The van der Waals surface area contributed by atoms with Gasteiger partial charge in [-0.3, -0.25) is 4.57 Å². The summed E-state index contributed by atoms with van der Waals surface area (Å²) in [5, 5.41) is 4.39. The molecule has 0 aliphatic heterocycles. The first-order valence-corrected chi connectivity index (χ1v) is 15.8. The van der Waals surface area contributed by atoms with Crippen LogP contribution in [0.5, 0.6) is 0 Å². The lowest BCUT2D eigenvalue weighted by molar-refractivity contribution is 0.658. The quantitative estimate of drug-likeness (QED) is 0.201. The number of benzene rings is 7. The lowest BCUT2D eigenvalue weighted by Gasteiger charge is -2.10. The SMILES string of the molecule is c1ccc(-c2nc3cc(-c4ccc(-c5c6oc7ccccc7c6cc6c5oc5ccccc56)cc4)ccc3n2-c2ccccc2)cc1. The van der Waals surface area contributed by atoms with Crippen LogP contribution in [0.15, 0.2) is 167 Å². The minimum atomic E-state index is 0.840. The van der Waals surface area contributed by atoms with Crippen molar-refractivity contribution >= 4 is 54.9 Å². The number of aromatic nitrogens is 2. The van der Waals surface area contributed by atoms with Gasteiger partial charge < -0.3 is 8.83 Å². The fourth-order valence-electron chi connectivity index (χ4n) is 7.01. The van der Waals surface area contributed by atoms with Crippen LogP contribution in [0.4, 0.5) is 0 Å². The average Bonchev–Trinajstić information content (AvgIpc) is 3.82. The van der Waals surface area contributed by atoms with Crippen LogP contribution in [-0.4, -0.2) is 9.55 Å². The molecule has 47 heavy (non-hydrogen) atoms. The Balaban J connectivity index is 1.13. The van der Waals surface area contributed by atoms with Crippen LogP contribution < -0.4 is 0 Å². The Labute approximate surface area is 269 Å². The summed E-state index contributed by atoms with van der Waals surface area (Å²) in [6.07, 6.45) is 0. The molecule has 0 saturated heterocycles. The van der Waals surface area contributed by atoms with Crippen LogP contribution in [0, 0.1) is 0 Å². The Bertz CT molecular complexity index is 2680. The molecule has 0 unspecified atom stereocenters. The Morgan fingerprint density at radius 2 is 0.979 bits per heavy atom. The van der Waals surface area contributed by atoms with Crippen LogP contribution in [0.2, 0.25) is 0 Å². The molecule has 0 saturated carbocycles. The molecule has 0 aliphatic carbocycles. The maximum Gasteiger partial charge on any atom is 0.147 e. The first-order valence-electron chi connectivity index (χ1n) is 15.8. The highest BCUT2D eigenvalue weighted by Gasteiger charge is 2.21. The van der Waals surface area contributed by atoms with Crippen molar-refractivity contribution in [1.82, 2.24) is 9.55 Å². The summed E-state index contributed by atoms with van der Waals surface area (Å²) < 4.78 is 15.3.